The third-order valence-corrected chi connectivity index (χ3v) is 4.21. The van der Waals surface area contributed by atoms with Gasteiger partial charge in [-0.2, -0.15) is 0 Å². The zero-order valence-electron chi connectivity index (χ0n) is 11.9. The molecule has 2 aromatic carbocycles. The fraction of sp³-hybridized carbons (Fsp3) is 0.368. The maximum Gasteiger partial charge on any atom is 0.119 e. The molecule has 1 aliphatic rings. The average molecular weight is 266 g/mol. The van der Waals surface area contributed by atoms with Gasteiger partial charge in [0.1, 0.15) is 5.75 Å². The van der Waals surface area contributed by atoms with Crippen molar-refractivity contribution in [1.29, 1.82) is 0 Å². The molecule has 0 N–H and O–H groups in total. The maximum absolute atomic E-state index is 5.83. The number of ether oxygens (including phenoxy) is 1. The molecule has 0 aromatic heterocycles. The van der Waals surface area contributed by atoms with E-state index in [0.717, 1.165) is 24.7 Å². The number of hydrogen-bond acceptors (Lipinski definition) is 1. The summed E-state index contributed by atoms with van der Waals surface area (Å²) in [4.78, 5) is 0. The average Bonchev–Trinajstić information content (AvgIpc) is 3.03. The van der Waals surface area contributed by atoms with Crippen molar-refractivity contribution in [3.63, 3.8) is 0 Å². The number of hydrogen-bond donors (Lipinski definition) is 0. The highest BCUT2D eigenvalue weighted by Gasteiger charge is 2.16. The lowest BCUT2D eigenvalue weighted by atomic mass is 9.98. The molecular weight excluding hydrogens is 244 g/mol. The third kappa shape index (κ3) is 3.41. The molecule has 1 nitrogen and oxygen atoms in total. The van der Waals surface area contributed by atoms with Crippen LogP contribution in [0.15, 0.2) is 54.6 Å². The molecule has 1 aliphatic carbocycles. The van der Waals surface area contributed by atoms with Crippen molar-refractivity contribution in [3.05, 3.63) is 65.7 Å². The molecule has 1 saturated carbocycles. The van der Waals surface area contributed by atoms with E-state index >= 15 is 0 Å². The Morgan fingerprint density at radius 1 is 0.850 bits per heavy atom. The molecule has 0 amide bonds. The van der Waals surface area contributed by atoms with Crippen LogP contribution in [0.1, 0.15) is 42.7 Å². The van der Waals surface area contributed by atoms with E-state index in [1.54, 1.807) is 0 Å². The van der Waals surface area contributed by atoms with E-state index in [4.69, 9.17) is 4.74 Å². The quantitative estimate of drug-likeness (QED) is 0.742. The van der Waals surface area contributed by atoms with Crippen LogP contribution in [0, 0.1) is 0 Å². The first-order valence-corrected chi connectivity index (χ1v) is 7.68. The number of benzene rings is 2. The largest absolute Gasteiger partial charge is 0.493 e. The van der Waals surface area contributed by atoms with Crippen molar-refractivity contribution in [2.45, 2.75) is 38.0 Å². The second-order valence-corrected chi connectivity index (χ2v) is 5.63. The van der Waals surface area contributed by atoms with Crippen LogP contribution >= 0.6 is 0 Å². The summed E-state index contributed by atoms with van der Waals surface area (Å²) in [6.07, 6.45) is 6.45. The summed E-state index contributed by atoms with van der Waals surface area (Å²) in [7, 11) is 0. The van der Waals surface area contributed by atoms with E-state index in [1.165, 1.54) is 36.8 Å². The van der Waals surface area contributed by atoms with E-state index in [-0.39, 0.29) is 0 Å². The fourth-order valence-electron chi connectivity index (χ4n) is 3.03. The molecule has 1 fully saturated rings. The van der Waals surface area contributed by atoms with Crippen molar-refractivity contribution in [2.24, 2.45) is 0 Å². The van der Waals surface area contributed by atoms with Gasteiger partial charge in [0.2, 0.25) is 0 Å². The van der Waals surface area contributed by atoms with Gasteiger partial charge < -0.3 is 4.74 Å². The Morgan fingerprint density at radius 3 is 2.25 bits per heavy atom. The van der Waals surface area contributed by atoms with E-state index in [0.29, 0.717) is 0 Å². The highest BCUT2D eigenvalue weighted by molar-refractivity contribution is 5.30. The first-order valence-electron chi connectivity index (χ1n) is 7.68. The van der Waals surface area contributed by atoms with Gasteiger partial charge in [0, 0.05) is 6.42 Å². The van der Waals surface area contributed by atoms with E-state index in [2.05, 4.69) is 48.5 Å². The molecule has 0 atom stereocenters. The Morgan fingerprint density at radius 2 is 1.55 bits per heavy atom. The highest BCUT2D eigenvalue weighted by atomic mass is 16.5. The van der Waals surface area contributed by atoms with Gasteiger partial charge >= 0.3 is 0 Å². The van der Waals surface area contributed by atoms with Crippen LogP contribution in [0.25, 0.3) is 0 Å². The van der Waals surface area contributed by atoms with Crippen molar-refractivity contribution in [2.75, 3.05) is 6.61 Å². The highest BCUT2D eigenvalue weighted by Crippen LogP contribution is 2.34. The standard InChI is InChI=1S/C19H22O/c1-2-6-16(7-3-1)14-15-20-19-12-10-18(11-13-19)17-8-4-5-9-17/h1-3,6-7,10-13,17H,4-5,8-9,14-15H2. The Bertz CT molecular complexity index is 509. The lowest BCUT2D eigenvalue weighted by Gasteiger charge is -2.11. The minimum Gasteiger partial charge on any atom is -0.493 e. The minimum atomic E-state index is 0.743. The molecule has 3 rings (SSSR count). The molecule has 0 heterocycles. The van der Waals surface area contributed by atoms with Gasteiger partial charge in [-0.15, -0.1) is 0 Å². The molecule has 0 aliphatic heterocycles. The van der Waals surface area contributed by atoms with Gasteiger partial charge in [-0.25, -0.2) is 0 Å². The monoisotopic (exact) mass is 266 g/mol. The molecule has 104 valence electrons. The SMILES string of the molecule is c1ccc(CCOc2ccc(C3CCCC3)cc2)cc1. The van der Waals surface area contributed by atoms with Gasteiger partial charge in [-0.05, 0) is 42.0 Å². The minimum absolute atomic E-state index is 0.743. The summed E-state index contributed by atoms with van der Waals surface area (Å²) in [5.74, 6) is 1.77. The Kier molecular flexibility index (Phi) is 4.37. The molecule has 0 radical (unpaired) electrons. The van der Waals surface area contributed by atoms with Crippen LogP contribution in [-0.4, -0.2) is 6.61 Å². The topological polar surface area (TPSA) is 9.23 Å². The zero-order valence-corrected chi connectivity index (χ0v) is 11.9. The molecule has 2 aromatic rings. The summed E-state index contributed by atoms with van der Waals surface area (Å²) >= 11 is 0. The summed E-state index contributed by atoms with van der Waals surface area (Å²) < 4.78 is 5.83. The second-order valence-electron chi connectivity index (χ2n) is 5.63. The Labute approximate surface area is 121 Å². The van der Waals surface area contributed by atoms with E-state index in [9.17, 15) is 0 Å². The summed E-state index contributed by atoms with van der Waals surface area (Å²) in [5, 5.41) is 0. The van der Waals surface area contributed by atoms with Crippen molar-refractivity contribution in [1.82, 2.24) is 0 Å². The van der Waals surface area contributed by atoms with Gasteiger partial charge in [-0.3, -0.25) is 0 Å². The summed E-state index contributed by atoms with van der Waals surface area (Å²) in [5.41, 5.74) is 2.81. The lowest BCUT2D eigenvalue weighted by Crippen LogP contribution is -2.01. The third-order valence-electron chi connectivity index (χ3n) is 4.21. The summed E-state index contributed by atoms with van der Waals surface area (Å²) in [6.45, 7) is 0.743. The van der Waals surface area contributed by atoms with Crippen LogP contribution < -0.4 is 4.74 Å². The predicted molar refractivity (Wildman–Crippen MR) is 83.3 cm³/mol. The smallest absolute Gasteiger partial charge is 0.119 e. The summed E-state index contributed by atoms with van der Waals surface area (Å²) in [6, 6.07) is 19.2. The maximum atomic E-state index is 5.83. The van der Waals surface area contributed by atoms with Crippen LogP contribution in [-0.2, 0) is 6.42 Å². The van der Waals surface area contributed by atoms with Gasteiger partial charge in [-0.1, -0.05) is 55.3 Å². The molecule has 0 unspecified atom stereocenters. The van der Waals surface area contributed by atoms with Gasteiger partial charge in [0.15, 0.2) is 0 Å². The molecule has 20 heavy (non-hydrogen) atoms. The molecular formula is C19H22O. The Hall–Kier alpha value is -1.76. The zero-order chi connectivity index (χ0) is 13.6. The van der Waals surface area contributed by atoms with Crippen molar-refractivity contribution in [3.8, 4) is 5.75 Å². The van der Waals surface area contributed by atoms with Crippen LogP contribution in [0.5, 0.6) is 5.75 Å². The van der Waals surface area contributed by atoms with Gasteiger partial charge in [0.05, 0.1) is 6.61 Å². The van der Waals surface area contributed by atoms with Crippen LogP contribution in [0.3, 0.4) is 0 Å². The molecule has 0 saturated heterocycles. The predicted octanol–water partition coefficient (Wildman–Crippen LogP) is 4.97. The first kappa shape index (κ1) is 13.2. The fourth-order valence-corrected chi connectivity index (χ4v) is 3.03. The van der Waals surface area contributed by atoms with Crippen LogP contribution in [0.2, 0.25) is 0 Å². The van der Waals surface area contributed by atoms with E-state index in [1.807, 2.05) is 6.07 Å². The van der Waals surface area contributed by atoms with Crippen molar-refractivity contribution >= 4 is 0 Å². The molecule has 0 bridgehead atoms. The van der Waals surface area contributed by atoms with E-state index < -0.39 is 0 Å². The molecule has 0 spiro atoms. The Balaban J connectivity index is 1.50. The van der Waals surface area contributed by atoms with Crippen molar-refractivity contribution < 1.29 is 4.74 Å². The van der Waals surface area contributed by atoms with Gasteiger partial charge in [0.25, 0.3) is 0 Å². The van der Waals surface area contributed by atoms with Crippen LogP contribution in [0.4, 0.5) is 0 Å². The second kappa shape index (κ2) is 6.60. The first-order chi connectivity index (χ1) is 9.92. The normalized spacial score (nSPS) is 15.4. The lowest BCUT2D eigenvalue weighted by molar-refractivity contribution is 0.322. The molecule has 1 heteroatoms. The number of rotatable bonds is 5.